The molecule has 2 heterocycles. The summed E-state index contributed by atoms with van der Waals surface area (Å²) in [6.07, 6.45) is 7.18. The maximum atomic E-state index is 12.3. The molecule has 7 heteroatoms. The summed E-state index contributed by atoms with van der Waals surface area (Å²) in [7, 11) is 1.85. The number of nitrogens with zero attached hydrogens (tertiary/aromatic N) is 3. The second kappa shape index (κ2) is 5.81. The second-order valence-corrected chi connectivity index (χ2v) is 6.95. The zero-order valence-corrected chi connectivity index (χ0v) is 13.6. The van der Waals surface area contributed by atoms with Gasteiger partial charge in [-0.1, -0.05) is 12.8 Å². The first-order valence-electron chi connectivity index (χ1n) is 7.44. The highest BCUT2D eigenvalue weighted by atomic mass is 32.1. The topological polar surface area (TPSA) is 80.0 Å². The van der Waals surface area contributed by atoms with Crippen LogP contribution in [0.5, 0.6) is 0 Å². The molecule has 0 aliphatic heterocycles. The van der Waals surface area contributed by atoms with Crippen molar-refractivity contribution in [2.75, 3.05) is 6.54 Å². The predicted molar refractivity (Wildman–Crippen MR) is 84.8 cm³/mol. The molecule has 0 radical (unpaired) electrons. The van der Waals surface area contributed by atoms with E-state index in [1.54, 1.807) is 10.9 Å². The number of thiazole rings is 1. The summed E-state index contributed by atoms with van der Waals surface area (Å²) < 4.78 is 1.71. The van der Waals surface area contributed by atoms with Crippen LogP contribution in [0.15, 0.2) is 12.4 Å². The molecule has 1 fully saturated rings. The van der Waals surface area contributed by atoms with Crippen molar-refractivity contribution in [3.63, 3.8) is 0 Å². The van der Waals surface area contributed by atoms with Gasteiger partial charge in [0.05, 0.1) is 17.5 Å². The van der Waals surface area contributed by atoms with Crippen molar-refractivity contribution in [1.82, 2.24) is 20.1 Å². The first-order chi connectivity index (χ1) is 10.5. The van der Waals surface area contributed by atoms with Crippen LogP contribution < -0.4 is 5.32 Å². The SMILES string of the molecule is Cc1nc(-c2cnn(C)c2)sc1C(=O)NCC1(O)CCCC1. The molecule has 1 aliphatic carbocycles. The predicted octanol–water partition coefficient (Wildman–Crippen LogP) is 1.89. The van der Waals surface area contributed by atoms with Crippen LogP contribution in [-0.4, -0.2) is 37.9 Å². The normalized spacial score (nSPS) is 16.9. The number of aryl methyl sites for hydroxylation is 2. The quantitative estimate of drug-likeness (QED) is 0.901. The van der Waals surface area contributed by atoms with Crippen LogP contribution in [0.25, 0.3) is 10.6 Å². The van der Waals surface area contributed by atoms with Crippen LogP contribution in [0, 0.1) is 6.92 Å². The van der Waals surface area contributed by atoms with Crippen molar-refractivity contribution < 1.29 is 9.90 Å². The monoisotopic (exact) mass is 320 g/mol. The van der Waals surface area contributed by atoms with Crippen molar-refractivity contribution in [3.8, 4) is 10.6 Å². The highest BCUT2D eigenvalue weighted by molar-refractivity contribution is 7.17. The van der Waals surface area contributed by atoms with E-state index >= 15 is 0 Å². The van der Waals surface area contributed by atoms with E-state index in [0.29, 0.717) is 17.1 Å². The highest BCUT2D eigenvalue weighted by Crippen LogP contribution is 2.30. The summed E-state index contributed by atoms with van der Waals surface area (Å²) in [4.78, 5) is 17.4. The smallest absolute Gasteiger partial charge is 0.263 e. The molecular weight excluding hydrogens is 300 g/mol. The Bertz CT molecular complexity index is 686. The molecule has 22 heavy (non-hydrogen) atoms. The molecule has 1 amide bonds. The summed E-state index contributed by atoms with van der Waals surface area (Å²) in [6, 6.07) is 0. The lowest BCUT2D eigenvalue weighted by Crippen LogP contribution is -2.40. The summed E-state index contributed by atoms with van der Waals surface area (Å²) in [5.74, 6) is -0.162. The van der Waals surface area contributed by atoms with Crippen LogP contribution >= 0.6 is 11.3 Å². The number of amides is 1. The first kappa shape index (κ1) is 15.2. The van der Waals surface area contributed by atoms with Crippen LogP contribution in [0.3, 0.4) is 0 Å². The zero-order valence-electron chi connectivity index (χ0n) is 12.8. The van der Waals surface area contributed by atoms with Crippen molar-refractivity contribution in [2.45, 2.75) is 38.2 Å². The van der Waals surface area contributed by atoms with E-state index in [1.165, 1.54) is 11.3 Å². The average Bonchev–Trinajstić information content (AvgIpc) is 3.17. The molecule has 6 nitrogen and oxygen atoms in total. The van der Waals surface area contributed by atoms with Crippen LogP contribution in [0.4, 0.5) is 0 Å². The van der Waals surface area contributed by atoms with E-state index < -0.39 is 5.60 Å². The fourth-order valence-electron chi connectivity index (χ4n) is 2.80. The molecule has 2 N–H and O–H groups in total. The molecule has 0 spiro atoms. The van der Waals surface area contributed by atoms with E-state index in [0.717, 1.165) is 36.3 Å². The van der Waals surface area contributed by atoms with Crippen molar-refractivity contribution in [2.24, 2.45) is 7.05 Å². The van der Waals surface area contributed by atoms with E-state index in [-0.39, 0.29) is 5.91 Å². The van der Waals surface area contributed by atoms with Crippen molar-refractivity contribution in [3.05, 3.63) is 23.0 Å². The number of carbonyl (C=O) groups is 1. The molecule has 118 valence electrons. The minimum absolute atomic E-state index is 0.162. The second-order valence-electron chi connectivity index (χ2n) is 5.95. The Morgan fingerprint density at radius 3 is 2.86 bits per heavy atom. The van der Waals surface area contributed by atoms with Gasteiger partial charge < -0.3 is 10.4 Å². The van der Waals surface area contributed by atoms with Gasteiger partial charge in [-0.25, -0.2) is 4.98 Å². The third kappa shape index (κ3) is 3.05. The Morgan fingerprint density at radius 1 is 1.50 bits per heavy atom. The number of hydrogen-bond acceptors (Lipinski definition) is 5. The largest absolute Gasteiger partial charge is 0.388 e. The van der Waals surface area contributed by atoms with E-state index in [9.17, 15) is 9.90 Å². The average molecular weight is 320 g/mol. The first-order valence-corrected chi connectivity index (χ1v) is 8.25. The number of aromatic nitrogens is 3. The fourth-order valence-corrected chi connectivity index (χ4v) is 3.75. The Balaban J connectivity index is 1.71. The third-order valence-electron chi connectivity index (χ3n) is 4.07. The zero-order chi connectivity index (χ0) is 15.7. The number of hydrogen-bond donors (Lipinski definition) is 2. The van der Waals surface area contributed by atoms with E-state index in [1.807, 2.05) is 20.2 Å². The molecule has 0 bridgehead atoms. The maximum Gasteiger partial charge on any atom is 0.263 e. The van der Waals surface area contributed by atoms with Gasteiger partial charge in [0.2, 0.25) is 0 Å². The highest BCUT2D eigenvalue weighted by Gasteiger charge is 2.31. The van der Waals surface area contributed by atoms with Gasteiger partial charge >= 0.3 is 0 Å². The third-order valence-corrected chi connectivity index (χ3v) is 5.27. The van der Waals surface area contributed by atoms with Crippen molar-refractivity contribution in [1.29, 1.82) is 0 Å². The van der Waals surface area contributed by atoms with E-state index in [4.69, 9.17) is 0 Å². The van der Waals surface area contributed by atoms with E-state index in [2.05, 4.69) is 15.4 Å². The molecule has 0 saturated heterocycles. The van der Waals surface area contributed by atoms with Gasteiger partial charge in [0.25, 0.3) is 5.91 Å². The van der Waals surface area contributed by atoms with Gasteiger partial charge in [0, 0.05) is 25.4 Å². The van der Waals surface area contributed by atoms with Crippen LogP contribution in [0.1, 0.15) is 41.0 Å². The fraction of sp³-hybridized carbons (Fsp3) is 0.533. The van der Waals surface area contributed by atoms with Crippen LogP contribution in [-0.2, 0) is 7.05 Å². The minimum atomic E-state index is -0.736. The van der Waals surface area contributed by atoms with Gasteiger partial charge in [0.1, 0.15) is 9.88 Å². The van der Waals surface area contributed by atoms with Gasteiger partial charge in [-0.15, -0.1) is 11.3 Å². The molecule has 3 rings (SSSR count). The lowest BCUT2D eigenvalue weighted by atomic mass is 10.0. The molecular formula is C15H20N4O2S. The van der Waals surface area contributed by atoms with Crippen LogP contribution in [0.2, 0.25) is 0 Å². The van der Waals surface area contributed by atoms with Gasteiger partial charge in [0.15, 0.2) is 0 Å². The van der Waals surface area contributed by atoms with Gasteiger partial charge in [-0.05, 0) is 19.8 Å². The van der Waals surface area contributed by atoms with Gasteiger partial charge in [-0.2, -0.15) is 5.10 Å². The Morgan fingerprint density at radius 2 is 2.23 bits per heavy atom. The molecule has 1 aliphatic rings. The molecule has 0 atom stereocenters. The number of rotatable bonds is 4. The lowest BCUT2D eigenvalue weighted by Gasteiger charge is -2.22. The lowest BCUT2D eigenvalue weighted by molar-refractivity contribution is 0.0450. The minimum Gasteiger partial charge on any atom is -0.388 e. The standard InChI is InChI=1S/C15H20N4O2S/c1-10-12(13(20)16-9-15(21)5-3-4-6-15)22-14(18-10)11-7-17-19(2)8-11/h7-8,21H,3-6,9H2,1-2H3,(H,16,20). The number of carbonyl (C=O) groups excluding carboxylic acids is 1. The molecule has 2 aromatic heterocycles. The molecule has 0 unspecified atom stereocenters. The molecule has 1 saturated carbocycles. The summed E-state index contributed by atoms with van der Waals surface area (Å²) in [5, 5.41) is 18.1. The summed E-state index contributed by atoms with van der Waals surface area (Å²) >= 11 is 1.36. The molecule has 0 aromatic carbocycles. The Labute approximate surface area is 133 Å². The number of nitrogens with one attached hydrogen (secondary N) is 1. The van der Waals surface area contributed by atoms with Gasteiger partial charge in [-0.3, -0.25) is 9.48 Å². The summed E-state index contributed by atoms with van der Waals surface area (Å²) in [6.45, 7) is 2.14. The van der Waals surface area contributed by atoms with Crippen molar-refractivity contribution >= 4 is 17.2 Å². The Kier molecular flexibility index (Phi) is 4.01. The maximum absolute atomic E-state index is 12.3. The number of aliphatic hydroxyl groups is 1. The Hall–Kier alpha value is -1.73. The summed E-state index contributed by atoms with van der Waals surface area (Å²) in [5.41, 5.74) is 0.879. The molecule has 2 aromatic rings.